The van der Waals surface area contributed by atoms with Crippen LogP contribution in [-0.2, 0) is 11.2 Å². The van der Waals surface area contributed by atoms with Gasteiger partial charge in [-0.25, -0.2) is 0 Å². The smallest absolute Gasteiger partial charge is 0.160 e. The summed E-state index contributed by atoms with van der Waals surface area (Å²) in [5, 5.41) is 40.5. The zero-order valence-corrected chi connectivity index (χ0v) is 15.9. The van der Waals surface area contributed by atoms with Crippen LogP contribution in [-0.4, -0.2) is 53.0 Å². The van der Waals surface area contributed by atoms with Crippen LogP contribution < -0.4 is 9.47 Å². The predicted octanol–water partition coefficient (Wildman–Crippen LogP) is 2.30. The quantitative estimate of drug-likeness (QED) is 0.599. The summed E-state index contributed by atoms with van der Waals surface area (Å²) < 4.78 is 16.3. The van der Waals surface area contributed by atoms with Crippen molar-refractivity contribution in [3.8, 4) is 23.0 Å². The van der Waals surface area contributed by atoms with Crippen LogP contribution in [0.25, 0.3) is 0 Å². The summed E-state index contributed by atoms with van der Waals surface area (Å²) in [6.07, 6.45) is -1.44. The fourth-order valence-corrected chi connectivity index (χ4v) is 3.51. The summed E-state index contributed by atoms with van der Waals surface area (Å²) in [5.74, 6) is 0.727. The molecular formula is C21H26O7. The molecule has 0 aliphatic carbocycles. The Balaban J connectivity index is 1.73. The number of phenols is 2. The first kappa shape index (κ1) is 20.3. The molecule has 1 heterocycles. The third-order valence-corrected chi connectivity index (χ3v) is 5.02. The Labute approximate surface area is 163 Å². The number of hydrogen-bond donors (Lipinski definition) is 4. The normalized spacial score (nSPS) is 23.2. The van der Waals surface area contributed by atoms with E-state index < -0.39 is 24.4 Å². The molecule has 2 aromatic carbocycles. The molecule has 7 nitrogen and oxygen atoms in total. The molecule has 3 rings (SSSR count). The minimum Gasteiger partial charge on any atom is -0.504 e. The van der Waals surface area contributed by atoms with E-state index in [1.165, 1.54) is 26.4 Å². The molecule has 0 spiro atoms. The van der Waals surface area contributed by atoms with Crippen molar-refractivity contribution in [2.45, 2.75) is 43.7 Å². The van der Waals surface area contributed by atoms with Crippen molar-refractivity contribution < 1.29 is 34.6 Å². The van der Waals surface area contributed by atoms with E-state index in [1.807, 2.05) is 0 Å². The van der Waals surface area contributed by atoms with Gasteiger partial charge in [-0.3, -0.25) is 0 Å². The molecule has 7 heteroatoms. The van der Waals surface area contributed by atoms with Crippen molar-refractivity contribution in [3.05, 3.63) is 47.5 Å². The van der Waals surface area contributed by atoms with E-state index >= 15 is 0 Å². The lowest BCUT2D eigenvalue weighted by molar-refractivity contribution is -0.139. The fourth-order valence-electron chi connectivity index (χ4n) is 3.51. The van der Waals surface area contributed by atoms with Gasteiger partial charge in [-0.05, 0) is 35.4 Å². The van der Waals surface area contributed by atoms with Crippen molar-refractivity contribution in [3.63, 3.8) is 0 Å². The van der Waals surface area contributed by atoms with Gasteiger partial charge in [0.25, 0.3) is 0 Å². The number of aliphatic hydroxyl groups excluding tert-OH is 2. The second kappa shape index (κ2) is 8.68. The van der Waals surface area contributed by atoms with Crippen LogP contribution in [0.5, 0.6) is 23.0 Å². The lowest BCUT2D eigenvalue weighted by atomic mass is 9.91. The van der Waals surface area contributed by atoms with Crippen LogP contribution in [0.15, 0.2) is 36.4 Å². The minimum absolute atomic E-state index is 0.0282. The van der Waals surface area contributed by atoms with Crippen LogP contribution >= 0.6 is 0 Å². The highest BCUT2D eigenvalue weighted by atomic mass is 16.5. The molecule has 1 aliphatic rings. The first-order valence-corrected chi connectivity index (χ1v) is 9.15. The van der Waals surface area contributed by atoms with Gasteiger partial charge in [0, 0.05) is 19.3 Å². The number of hydrogen-bond acceptors (Lipinski definition) is 7. The van der Waals surface area contributed by atoms with Crippen LogP contribution in [0, 0.1) is 0 Å². The molecule has 0 saturated carbocycles. The molecule has 1 aliphatic heterocycles. The predicted molar refractivity (Wildman–Crippen MR) is 102 cm³/mol. The highest BCUT2D eigenvalue weighted by Crippen LogP contribution is 2.37. The highest BCUT2D eigenvalue weighted by molar-refractivity contribution is 5.43. The first-order chi connectivity index (χ1) is 13.4. The summed E-state index contributed by atoms with van der Waals surface area (Å²) in [7, 11) is 2.93. The van der Waals surface area contributed by atoms with Crippen molar-refractivity contribution in [1.29, 1.82) is 0 Å². The van der Waals surface area contributed by atoms with Crippen molar-refractivity contribution in [2.75, 3.05) is 14.2 Å². The molecule has 4 atom stereocenters. The van der Waals surface area contributed by atoms with Gasteiger partial charge >= 0.3 is 0 Å². The van der Waals surface area contributed by atoms with E-state index in [1.54, 1.807) is 24.3 Å². The molecule has 0 radical (unpaired) electrons. The monoisotopic (exact) mass is 390 g/mol. The Morgan fingerprint density at radius 3 is 2.32 bits per heavy atom. The number of methoxy groups -OCH3 is 2. The SMILES string of the molecule is COc1cc(C[C@H](O)[C@@H]2C[C@H](O)C[C@H](c3ccc(O)c(OC)c3)O2)ccc1O. The Kier molecular flexibility index (Phi) is 6.28. The van der Waals surface area contributed by atoms with Crippen molar-refractivity contribution in [2.24, 2.45) is 0 Å². The summed E-state index contributed by atoms with van der Waals surface area (Å²) in [4.78, 5) is 0. The summed E-state index contributed by atoms with van der Waals surface area (Å²) in [5.41, 5.74) is 1.55. The van der Waals surface area contributed by atoms with Crippen LogP contribution in [0.1, 0.15) is 30.1 Å². The van der Waals surface area contributed by atoms with Gasteiger partial charge in [-0.15, -0.1) is 0 Å². The van der Waals surface area contributed by atoms with Crippen molar-refractivity contribution >= 4 is 0 Å². The molecule has 1 fully saturated rings. The number of rotatable bonds is 6. The molecule has 28 heavy (non-hydrogen) atoms. The average molecular weight is 390 g/mol. The van der Waals surface area contributed by atoms with E-state index in [0.717, 1.165) is 11.1 Å². The molecule has 1 saturated heterocycles. The van der Waals surface area contributed by atoms with Gasteiger partial charge in [-0.1, -0.05) is 12.1 Å². The van der Waals surface area contributed by atoms with Gasteiger partial charge in [0.2, 0.25) is 0 Å². The van der Waals surface area contributed by atoms with Gasteiger partial charge in [-0.2, -0.15) is 0 Å². The summed E-state index contributed by atoms with van der Waals surface area (Å²) in [6, 6.07) is 9.81. The molecule has 0 aromatic heterocycles. The number of aliphatic hydroxyl groups is 2. The maximum Gasteiger partial charge on any atom is 0.160 e. The maximum absolute atomic E-state index is 10.7. The molecule has 0 amide bonds. The van der Waals surface area contributed by atoms with Crippen LogP contribution in [0.4, 0.5) is 0 Å². The second-order valence-electron chi connectivity index (χ2n) is 7.00. The minimum atomic E-state index is -0.842. The Bertz CT molecular complexity index is 807. The van der Waals surface area contributed by atoms with Crippen LogP contribution in [0.2, 0.25) is 0 Å². The largest absolute Gasteiger partial charge is 0.504 e. The molecule has 4 N–H and O–H groups in total. The fraction of sp³-hybridized carbons (Fsp3) is 0.429. The molecule has 0 unspecified atom stereocenters. The van der Waals surface area contributed by atoms with Gasteiger partial charge in [0.05, 0.1) is 38.6 Å². The second-order valence-corrected chi connectivity index (χ2v) is 7.00. The van der Waals surface area contributed by atoms with Gasteiger partial charge < -0.3 is 34.6 Å². The van der Waals surface area contributed by atoms with E-state index in [2.05, 4.69) is 0 Å². The first-order valence-electron chi connectivity index (χ1n) is 9.15. The number of ether oxygens (including phenoxy) is 3. The summed E-state index contributed by atoms with van der Waals surface area (Å²) >= 11 is 0. The Hall–Kier alpha value is -2.48. The van der Waals surface area contributed by atoms with E-state index in [0.29, 0.717) is 30.8 Å². The zero-order valence-electron chi connectivity index (χ0n) is 15.9. The van der Waals surface area contributed by atoms with Gasteiger partial charge in [0.1, 0.15) is 0 Å². The lowest BCUT2D eigenvalue weighted by Crippen LogP contribution is -2.40. The van der Waals surface area contributed by atoms with E-state index in [-0.39, 0.29) is 11.5 Å². The molecule has 152 valence electrons. The number of benzene rings is 2. The molecular weight excluding hydrogens is 364 g/mol. The lowest BCUT2D eigenvalue weighted by Gasteiger charge is -2.36. The average Bonchev–Trinajstić information content (AvgIpc) is 2.69. The maximum atomic E-state index is 10.7. The van der Waals surface area contributed by atoms with Gasteiger partial charge in [0.15, 0.2) is 23.0 Å². The highest BCUT2D eigenvalue weighted by Gasteiger charge is 2.34. The molecule has 2 aromatic rings. The zero-order chi connectivity index (χ0) is 20.3. The summed E-state index contributed by atoms with van der Waals surface area (Å²) in [6.45, 7) is 0. The topological polar surface area (TPSA) is 109 Å². The van der Waals surface area contributed by atoms with Crippen molar-refractivity contribution in [1.82, 2.24) is 0 Å². The third kappa shape index (κ3) is 4.49. The van der Waals surface area contributed by atoms with E-state index in [4.69, 9.17) is 14.2 Å². The Morgan fingerprint density at radius 1 is 1.00 bits per heavy atom. The third-order valence-electron chi connectivity index (χ3n) is 5.02. The number of aromatic hydroxyl groups is 2. The Morgan fingerprint density at radius 2 is 1.64 bits per heavy atom. The standard InChI is InChI=1S/C21H26O7/c1-26-19-8-12(3-5-15(19)23)7-17(25)21-11-14(22)10-18(28-21)13-4-6-16(24)20(9-13)27-2/h3-6,8-9,14,17-18,21-25H,7,10-11H2,1-2H3/t14-,17+,18-,21+/m1/s1. The van der Waals surface area contributed by atoms with E-state index in [9.17, 15) is 20.4 Å². The number of phenolic OH excluding ortho intramolecular Hbond substituents is 2. The van der Waals surface area contributed by atoms with Crippen LogP contribution in [0.3, 0.4) is 0 Å². The molecule has 0 bridgehead atoms.